The number of rotatable bonds is 6. The molecule has 0 unspecified atom stereocenters. The highest BCUT2D eigenvalue weighted by Crippen LogP contribution is 2.35. The Labute approximate surface area is 192 Å². The molecule has 0 radical (unpaired) electrons. The van der Waals surface area contributed by atoms with Gasteiger partial charge in [-0.15, -0.1) is 15.3 Å². The van der Waals surface area contributed by atoms with Gasteiger partial charge in [0.15, 0.2) is 10.8 Å². The highest BCUT2D eigenvalue weighted by molar-refractivity contribution is 7.99. The molecule has 3 aromatic heterocycles. The number of thiazole rings is 1. The van der Waals surface area contributed by atoms with Crippen molar-refractivity contribution < 1.29 is 9.53 Å². The van der Waals surface area contributed by atoms with Gasteiger partial charge in [-0.1, -0.05) is 18.3 Å². The van der Waals surface area contributed by atoms with Crippen molar-refractivity contribution >= 4 is 50.0 Å². The zero-order valence-electron chi connectivity index (χ0n) is 17.5. The molecule has 10 heteroatoms. The molecule has 6 rings (SSSR count). The van der Waals surface area contributed by atoms with Crippen LogP contribution in [0.1, 0.15) is 39.0 Å². The molecular weight excluding hydrogens is 444 g/mol. The summed E-state index contributed by atoms with van der Waals surface area (Å²) in [4.78, 5) is 17.6. The molecule has 2 atom stereocenters. The number of amides is 1. The Kier molecular flexibility index (Phi) is 4.98. The van der Waals surface area contributed by atoms with Crippen LogP contribution in [-0.4, -0.2) is 36.8 Å². The molecule has 8 nitrogen and oxygen atoms in total. The fourth-order valence-corrected chi connectivity index (χ4v) is 5.80. The van der Waals surface area contributed by atoms with Crippen molar-refractivity contribution in [3.8, 4) is 5.88 Å². The summed E-state index contributed by atoms with van der Waals surface area (Å²) >= 11 is 2.98. The maximum Gasteiger partial charge on any atom is 0.232 e. The zero-order chi connectivity index (χ0) is 21.7. The van der Waals surface area contributed by atoms with E-state index in [1.165, 1.54) is 29.5 Å². The van der Waals surface area contributed by atoms with Crippen LogP contribution in [0.25, 0.3) is 15.9 Å². The minimum absolute atomic E-state index is 0.0738. The first kappa shape index (κ1) is 19.9. The van der Waals surface area contributed by atoms with Gasteiger partial charge in [0.1, 0.15) is 6.10 Å². The maximum atomic E-state index is 12.0. The van der Waals surface area contributed by atoms with E-state index in [2.05, 4.69) is 38.6 Å². The molecule has 2 aliphatic carbocycles. The summed E-state index contributed by atoms with van der Waals surface area (Å²) in [5.74, 6) is 1.54. The molecule has 164 valence electrons. The number of carbonyl (C=O) groups is 1. The van der Waals surface area contributed by atoms with Gasteiger partial charge in [0.25, 0.3) is 0 Å². The third kappa shape index (κ3) is 4.04. The van der Waals surface area contributed by atoms with Crippen molar-refractivity contribution in [2.75, 3.05) is 5.32 Å². The van der Waals surface area contributed by atoms with Gasteiger partial charge in [-0.3, -0.25) is 4.79 Å². The molecule has 1 aromatic carbocycles. The number of carbonyl (C=O) groups excluding carboxylic acids is 1. The average Bonchev–Trinajstić information content (AvgIpc) is 3.28. The minimum atomic E-state index is 0.0738. The number of nitrogens with one attached hydrogen (secondary N) is 1. The summed E-state index contributed by atoms with van der Waals surface area (Å²) in [5, 5.41) is 17.4. The van der Waals surface area contributed by atoms with E-state index in [4.69, 9.17) is 4.74 Å². The van der Waals surface area contributed by atoms with Gasteiger partial charge in [0, 0.05) is 16.9 Å². The lowest BCUT2D eigenvalue weighted by atomic mass is 10.1. The first-order chi connectivity index (χ1) is 15.6. The van der Waals surface area contributed by atoms with Crippen molar-refractivity contribution in [3.05, 3.63) is 30.3 Å². The van der Waals surface area contributed by atoms with Crippen molar-refractivity contribution in [3.63, 3.8) is 0 Å². The number of hydrogen-bond acceptors (Lipinski definition) is 8. The molecule has 2 fully saturated rings. The summed E-state index contributed by atoms with van der Waals surface area (Å²) in [7, 11) is 0. The normalized spacial score (nSPS) is 20.8. The van der Waals surface area contributed by atoms with Crippen LogP contribution in [0, 0.1) is 11.8 Å². The number of aromatic nitrogens is 5. The van der Waals surface area contributed by atoms with Crippen molar-refractivity contribution in [1.29, 1.82) is 0 Å². The summed E-state index contributed by atoms with van der Waals surface area (Å²) in [6.45, 7) is 2.26. The molecule has 0 spiro atoms. The summed E-state index contributed by atoms with van der Waals surface area (Å²) in [6, 6.07) is 9.78. The van der Waals surface area contributed by atoms with Crippen LogP contribution >= 0.6 is 23.1 Å². The van der Waals surface area contributed by atoms with E-state index >= 15 is 0 Å². The van der Waals surface area contributed by atoms with E-state index in [0.29, 0.717) is 27.7 Å². The van der Waals surface area contributed by atoms with Crippen LogP contribution in [0.3, 0.4) is 0 Å². The van der Waals surface area contributed by atoms with E-state index < -0.39 is 0 Å². The molecule has 32 heavy (non-hydrogen) atoms. The SMILES string of the molecule is C[C@H]1CC[C@H](Oc2ccc3nnc(Sc4ccc5nc(NC(=O)C6CC6)sc5c4)n3n2)C1. The molecular formula is C22H22N6O2S2. The highest BCUT2D eigenvalue weighted by atomic mass is 32.2. The lowest BCUT2D eigenvalue weighted by Crippen LogP contribution is -2.13. The molecule has 0 aliphatic heterocycles. The van der Waals surface area contributed by atoms with E-state index in [1.54, 1.807) is 4.52 Å². The number of hydrogen-bond donors (Lipinski definition) is 1. The summed E-state index contributed by atoms with van der Waals surface area (Å²) in [5.41, 5.74) is 1.56. The van der Waals surface area contributed by atoms with Gasteiger partial charge in [-0.2, -0.15) is 4.52 Å². The molecule has 4 aromatic rings. The minimum Gasteiger partial charge on any atom is -0.473 e. The Hall–Kier alpha value is -2.72. The van der Waals surface area contributed by atoms with Crippen LogP contribution in [0.2, 0.25) is 0 Å². The van der Waals surface area contributed by atoms with Crippen LogP contribution in [0.5, 0.6) is 5.88 Å². The van der Waals surface area contributed by atoms with E-state index in [-0.39, 0.29) is 17.9 Å². The molecule has 1 N–H and O–H groups in total. The van der Waals surface area contributed by atoms with E-state index in [0.717, 1.165) is 40.8 Å². The van der Waals surface area contributed by atoms with Gasteiger partial charge >= 0.3 is 0 Å². The Morgan fingerprint density at radius 3 is 2.91 bits per heavy atom. The van der Waals surface area contributed by atoms with Gasteiger partial charge in [-0.25, -0.2) is 4.98 Å². The topological polar surface area (TPSA) is 94.3 Å². The fourth-order valence-electron chi connectivity index (χ4n) is 3.99. The number of fused-ring (bicyclic) bond motifs is 2. The average molecular weight is 467 g/mol. The first-order valence-corrected chi connectivity index (χ1v) is 12.5. The summed E-state index contributed by atoms with van der Waals surface area (Å²) < 4.78 is 8.85. The Morgan fingerprint density at radius 2 is 2.09 bits per heavy atom. The van der Waals surface area contributed by atoms with Gasteiger partial charge in [0.05, 0.1) is 10.2 Å². The summed E-state index contributed by atoms with van der Waals surface area (Å²) in [6.07, 6.45) is 5.52. The third-order valence-corrected chi connectivity index (χ3v) is 7.75. The zero-order valence-corrected chi connectivity index (χ0v) is 19.2. The molecule has 3 heterocycles. The Bertz CT molecular complexity index is 1310. The first-order valence-electron chi connectivity index (χ1n) is 10.9. The second-order valence-electron chi connectivity index (χ2n) is 8.60. The fraction of sp³-hybridized carbons (Fsp3) is 0.409. The highest BCUT2D eigenvalue weighted by Gasteiger charge is 2.30. The molecule has 0 bridgehead atoms. The second-order valence-corrected chi connectivity index (χ2v) is 10.7. The van der Waals surface area contributed by atoms with Crippen molar-refractivity contribution in [1.82, 2.24) is 24.8 Å². The van der Waals surface area contributed by atoms with Crippen LogP contribution in [0.4, 0.5) is 5.13 Å². The molecule has 0 saturated heterocycles. The number of ether oxygens (including phenoxy) is 1. The quantitative estimate of drug-likeness (QED) is 0.436. The number of nitrogens with zero attached hydrogens (tertiary/aromatic N) is 5. The Morgan fingerprint density at radius 1 is 1.19 bits per heavy atom. The number of anilines is 1. The van der Waals surface area contributed by atoms with Crippen LogP contribution in [-0.2, 0) is 4.79 Å². The monoisotopic (exact) mass is 466 g/mol. The van der Waals surface area contributed by atoms with Gasteiger partial charge < -0.3 is 10.1 Å². The lowest BCUT2D eigenvalue weighted by Gasteiger charge is -2.12. The molecule has 2 saturated carbocycles. The molecule has 2 aliphatic rings. The maximum absolute atomic E-state index is 12.0. The van der Waals surface area contributed by atoms with Crippen LogP contribution < -0.4 is 10.1 Å². The number of benzene rings is 1. The van der Waals surface area contributed by atoms with Crippen molar-refractivity contribution in [2.24, 2.45) is 11.8 Å². The largest absolute Gasteiger partial charge is 0.473 e. The van der Waals surface area contributed by atoms with Gasteiger partial charge in [0.2, 0.25) is 16.9 Å². The van der Waals surface area contributed by atoms with Crippen LogP contribution in [0.15, 0.2) is 40.4 Å². The standard InChI is InChI=1S/C22H22N6O2S2/c1-12-2-5-14(10-12)30-19-9-8-18-25-26-22(28(18)27-19)31-15-6-7-16-17(11-15)32-21(23-16)24-20(29)13-3-4-13/h6-9,11-14H,2-5,10H2,1H3,(H,23,24,29)/t12-,14-/m0/s1. The Balaban J connectivity index is 1.22. The predicted octanol–water partition coefficient (Wildman–Crippen LogP) is 4.80. The van der Waals surface area contributed by atoms with Crippen molar-refractivity contribution in [2.45, 2.75) is 55.2 Å². The predicted molar refractivity (Wildman–Crippen MR) is 123 cm³/mol. The van der Waals surface area contributed by atoms with E-state index in [1.807, 2.05) is 24.3 Å². The smallest absolute Gasteiger partial charge is 0.232 e. The lowest BCUT2D eigenvalue weighted by molar-refractivity contribution is -0.117. The third-order valence-electron chi connectivity index (χ3n) is 5.89. The second kappa shape index (κ2) is 8.00. The van der Waals surface area contributed by atoms with E-state index in [9.17, 15) is 4.79 Å². The molecule has 1 amide bonds. The van der Waals surface area contributed by atoms with Gasteiger partial charge in [-0.05, 0) is 74.0 Å².